The van der Waals surface area contributed by atoms with E-state index in [9.17, 15) is 4.79 Å². The minimum atomic E-state index is -0.212. The van der Waals surface area contributed by atoms with Gasteiger partial charge in [0, 0.05) is 18.1 Å². The van der Waals surface area contributed by atoms with Crippen LogP contribution in [0.4, 0.5) is 0 Å². The molecule has 0 unspecified atom stereocenters. The van der Waals surface area contributed by atoms with Gasteiger partial charge in [0.1, 0.15) is 17.3 Å². The predicted molar refractivity (Wildman–Crippen MR) is 94.5 cm³/mol. The summed E-state index contributed by atoms with van der Waals surface area (Å²) in [5.41, 5.74) is 6.45. The third-order valence-corrected chi connectivity index (χ3v) is 6.19. The lowest BCUT2D eigenvalue weighted by Crippen LogP contribution is -2.33. The number of Topliss-reactive ketones (excluding diaryl/α,β-unsaturated/α-hetero) is 1. The van der Waals surface area contributed by atoms with Crippen molar-refractivity contribution in [3.05, 3.63) is 40.5 Å². The Hall–Kier alpha value is -2.03. The summed E-state index contributed by atoms with van der Waals surface area (Å²) in [6.07, 6.45) is 7.60. The molecule has 3 aliphatic rings. The molecule has 0 saturated heterocycles. The molecule has 126 valence electrons. The third-order valence-electron chi connectivity index (χ3n) is 6.19. The van der Waals surface area contributed by atoms with Gasteiger partial charge in [-0.25, -0.2) is 0 Å². The highest BCUT2D eigenvalue weighted by Gasteiger charge is 2.48. The standard InChI is InChI=1S/C21H24O3/c1-4-21-10-9-16-15(17(21)7-8-19(21)22)6-5-13-11-14(23-2)12-18(24-3)20(13)16/h7,11-12H,4-6,8-10H2,1-3H3/t21-/m0/s1. The van der Waals surface area contributed by atoms with Crippen molar-refractivity contribution in [1.29, 1.82) is 0 Å². The van der Waals surface area contributed by atoms with Crippen LogP contribution < -0.4 is 9.47 Å². The summed E-state index contributed by atoms with van der Waals surface area (Å²) in [7, 11) is 3.42. The molecule has 0 amide bonds. The van der Waals surface area contributed by atoms with Crippen LogP contribution >= 0.6 is 0 Å². The van der Waals surface area contributed by atoms with Gasteiger partial charge in [-0.3, -0.25) is 4.79 Å². The van der Waals surface area contributed by atoms with E-state index in [0.29, 0.717) is 12.2 Å². The number of hydrogen-bond acceptors (Lipinski definition) is 3. The van der Waals surface area contributed by atoms with Gasteiger partial charge in [-0.1, -0.05) is 13.0 Å². The monoisotopic (exact) mass is 324 g/mol. The molecule has 0 aliphatic heterocycles. The number of fused-ring (bicyclic) bond motifs is 4. The molecule has 0 N–H and O–H groups in total. The molecule has 0 spiro atoms. The Morgan fingerprint density at radius 3 is 2.62 bits per heavy atom. The zero-order valence-electron chi connectivity index (χ0n) is 14.7. The fourth-order valence-corrected chi connectivity index (χ4v) is 4.92. The smallest absolute Gasteiger partial charge is 0.147 e. The fourth-order valence-electron chi connectivity index (χ4n) is 4.92. The molecule has 0 saturated carbocycles. The molecule has 0 aromatic heterocycles. The molecule has 4 rings (SSSR count). The largest absolute Gasteiger partial charge is 0.497 e. The first-order chi connectivity index (χ1) is 11.6. The predicted octanol–water partition coefficient (Wildman–Crippen LogP) is 4.49. The highest BCUT2D eigenvalue weighted by atomic mass is 16.5. The van der Waals surface area contributed by atoms with Crippen LogP contribution in [0, 0.1) is 5.41 Å². The van der Waals surface area contributed by atoms with Crippen LogP contribution in [0.1, 0.15) is 50.2 Å². The van der Waals surface area contributed by atoms with Gasteiger partial charge in [0.05, 0.1) is 19.6 Å². The molecule has 3 aliphatic carbocycles. The molecule has 0 fully saturated rings. The zero-order valence-corrected chi connectivity index (χ0v) is 14.7. The van der Waals surface area contributed by atoms with Crippen molar-refractivity contribution in [3.63, 3.8) is 0 Å². The molecule has 3 heteroatoms. The van der Waals surface area contributed by atoms with E-state index in [2.05, 4.69) is 19.1 Å². The van der Waals surface area contributed by atoms with Gasteiger partial charge >= 0.3 is 0 Å². The van der Waals surface area contributed by atoms with E-state index in [1.54, 1.807) is 14.2 Å². The van der Waals surface area contributed by atoms with E-state index in [-0.39, 0.29) is 5.41 Å². The number of allylic oxidation sites excluding steroid dienone is 4. The Morgan fingerprint density at radius 2 is 1.92 bits per heavy atom. The van der Waals surface area contributed by atoms with Gasteiger partial charge in [0.15, 0.2) is 0 Å². The molecular formula is C21H24O3. The number of hydrogen-bond donors (Lipinski definition) is 0. The first kappa shape index (κ1) is 15.5. The van der Waals surface area contributed by atoms with Crippen LogP contribution in [0.5, 0.6) is 11.5 Å². The van der Waals surface area contributed by atoms with Crippen LogP contribution in [0.15, 0.2) is 29.4 Å². The van der Waals surface area contributed by atoms with Crippen molar-refractivity contribution in [2.75, 3.05) is 14.2 Å². The summed E-state index contributed by atoms with van der Waals surface area (Å²) < 4.78 is 11.1. The lowest BCUT2D eigenvalue weighted by Gasteiger charge is -2.40. The second-order valence-electron chi connectivity index (χ2n) is 7.00. The average Bonchev–Trinajstić information content (AvgIpc) is 2.97. The SMILES string of the molecule is CC[C@]12CCC3=C(CCc4cc(OC)cc(OC)c43)C1=CCC2=O. The molecule has 3 nitrogen and oxygen atoms in total. The maximum Gasteiger partial charge on any atom is 0.147 e. The summed E-state index contributed by atoms with van der Waals surface area (Å²) >= 11 is 0. The molecule has 24 heavy (non-hydrogen) atoms. The van der Waals surface area contributed by atoms with Gasteiger partial charge in [-0.05, 0) is 60.5 Å². The number of carbonyl (C=O) groups excluding carboxylic acids is 1. The highest BCUT2D eigenvalue weighted by molar-refractivity contribution is 5.97. The number of rotatable bonds is 3. The summed E-state index contributed by atoms with van der Waals surface area (Å²) in [5.74, 6) is 2.16. The Bertz CT molecular complexity index is 785. The first-order valence-corrected chi connectivity index (χ1v) is 8.86. The normalized spacial score (nSPS) is 25.0. The zero-order chi connectivity index (χ0) is 16.9. The van der Waals surface area contributed by atoms with Gasteiger partial charge in [-0.15, -0.1) is 0 Å². The quantitative estimate of drug-likeness (QED) is 0.821. The Kier molecular flexibility index (Phi) is 3.56. The average molecular weight is 324 g/mol. The van der Waals surface area contributed by atoms with Crippen LogP contribution in [-0.2, 0) is 11.2 Å². The summed E-state index contributed by atoms with van der Waals surface area (Å²) in [6, 6.07) is 4.11. The minimum absolute atomic E-state index is 0.212. The second-order valence-corrected chi connectivity index (χ2v) is 7.00. The maximum atomic E-state index is 12.6. The van der Waals surface area contributed by atoms with E-state index in [4.69, 9.17) is 9.47 Å². The van der Waals surface area contributed by atoms with Crippen molar-refractivity contribution >= 4 is 11.4 Å². The maximum absolute atomic E-state index is 12.6. The van der Waals surface area contributed by atoms with Crippen LogP contribution in [0.2, 0.25) is 0 Å². The van der Waals surface area contributed by atoms with Crippen LogP contribution in [-0.4, -0.2) is 20.0 Å². The topological polar surface area (TPSA) is 35.5 Å². The molecule has 0 radical (unpaired) electrons. The number of ether oxygens (including phenoxy) is 2. The van der Waals surface area contributed by atoms with E-state index >= 15 is 0 Å². The molecular weight excluding hydrogens is 300 g/mol. The Balaban J connectivity index is 1.90. The molecule has 1 aromatic rings. The van der Waals surface area contributed by atoms with E-state index < -0.39 is 0 Å². The van der Waals surface area contributed by atoms with Crippen molar-refractivity contribution in [1.82, 2.24) is 0 Å². The fraction of sp³-hybridized carbons (Fsp3) is 0.476. The number of aryl methyl sites for hydroxylation is 1. The van der Waals surface area contributed by atoms with Crippen molar-refractivity contribution in [2.24, 2.45) is 5.41 Å². The second kappa shape index (κ2) is 5.51. The Morgan fingerprint density at radius 1 is 1.08 bits per heavy atom. The van der Waals surface area contributed by atoms with E-state index in [0.717, 1.165) is 43.6 Å². The lowest BCUT2D eigenvalue weighted by molar-refractivity contribution is -0.125. The molecule has 0 bridgehead atoms. The summed E-state index contributed by atoms with van der Waals surface area (Å²) in [6.45, 7) is 2.16. The van der Waals surface area contributed by atoms with E-state index in [1.807, 2.05) is 6.07 Å². The van der Waals surface area contributed by atoms with Crippen molar-refractivity contribution in [2.45, 2.75) is 45.4 Å². The highest BCUT2D eigenvalue weighted by Crippen LogP contribution is 2.56. The van der Waals surface area contributed by atoms with Gasteiger partial charge < -0.3 is 9.47 Å². The molecule has 1 atom stereocenters. The number of methoxy groups -OCH3 is 2. The molecule has 1 aromatic carbocycles. The van der Waals surface area contributed by atoms with Gasteiger partial charge in [0.25, 0.3) is 0 Å². The summed E-state index contributed by atoms with van der Waals surface area (Å²) in [4.78, 5) is 12.6. The minimum Gasteiger partial charge on any atom is -0.497 e. The lowest BCUT2D eigenvalue weighted by atomic mass is 9.63. The summed E-state index contributed by atoms with van der Waals surface area (Å²) in [5, 5.41) is 0. The van der Waals surface area contributed by atoms with Crippen molar-refractivity contribution in [3.8, 4) is 11.5 Å². The van der Waals surface area contributed by atoms with E-state index in [1.165, 1.54) is 27.8 Å². The number of ketones is 1. The van der Waals surface area contributed by atoms with Crippen LogP contribution in [0.3, 0.4) is 0 Å². The molecule has 0 heterocycles. The number of carbonyl (C=O) groups is 1. The van der Waals surface area contributed by atoms with Crippen molar-refractivity contribution < 1.29 is 14.3 Å². The van der Waals surface area contributed by atoms with Gasteiger partial charge in [-0.2, -0.15) is 0 Å². The first-order valence-electron chi connectivity index (χ1n) is 8.86. The number of benzene rings is 1. The Labute approximate surface area is 143 Å². The van der Waals surface area contributed by atoms with Gasteiger partial charge in [0.2, 0.25) is 0 Å². The van der Waals surface area contributed by atoms with Crippen LogP contribution in [0.25, 0.3) is 5.57 Å². The third kappa shape index (κ3) is 1.93.